The Morgan fingerprint density at radius 2 is 0.465 bits per heavy atom. The molecular weight excluding hydrogens is 1290 g/mol. The van der Waals surface area contributed by atoms with Gasteiger partial charge < -0.3 is 33.8 Å². The molecule has 0 aliphatic rings. The van der Waals surface area contributed by atoms with Crippen molar-refractivity contribution in [3.63, 3.8) is 0 Å². The molecule has 0 spiro atoms. The van der Waals surface area contributed by atoms with Crippen molar-refractivity contribution in [2.45, 2.75) is 445 Å². The summed E-state index contributed by atoms with van der Waals surface area (Å²) in [6.07, 6.45) is 64.2. The molecule has 2 unspecified atom stereocenters. The van der Waals surface area contributed by atoms with Crippen LogP contribution >= 0.6 is 15.6 Å². The summed E-state index contributed by atoms with van der Waals surface area (Å²) in [5, 5.41) is 10.6. The van der Waals surface area contributed by atoms with Crippen LogP contribution in [0.2, 0.25) is 0 Å². The molecule has 0 saturated heterocycles. The summed E-state index contributed by atoms with van der Waals surface area (Å²) in [6.45, 7) is 7.25. The number of aliphatic hydroxyl groups is 1. The molecule has 0 aromatic rings. The molecule has 3 N–H and O–H groups in total. The number of carbonyl (C=O) groups excluding carboxylic acids is 4. The van der Waals surface area contributed by atoms with Crippen LogP contribution in [0, 0.1) is 5.92 Å². The van der Waals surface area contributed by atoms with Gasteiger partial charge in [-0.1, -0.05) is 375 Å². The second kappa shape index (κ2) is 73.0. The number of ether oxygens (including phenoxy) is 4. The summed E-state index contributed by atoms with van der Waals surface area (Å²) in [5.74, 6) is -1.38. The van der Waals surface area contributed by atoms with Crippen molar-refractivity contribution in [2.24, 2.45) is 5.92 Å². The van der Waals surface area contributed by atoms with E-state index in [1.807, 2.05) is 0 Å². The molecule has 0 aromatic heterocycles. The highest BCUT2D eigenvalue weighted by Gasteiger charge is 2.30. The number of unbranched alkanes of at least 4 members (excludes halogenated alkanes) is 52. The highest BCUT2D eigenvalue weighted by Crippen LogP contribution is 2.45. The molecule has 0 aliphatic heterocycles. The second-order valence-corrected chi connectivity index (χ2v) is 32.2. The van der Waals surface area contributed by atoms with Crippen LogP contribution in [-0.2, 0) is 65.4 Å². The quantitative estimate of drug-likeness (QED) is 0.0222. The highest BCUT2D eigenvalue weighted by molar-refractivity contribution is 7.47. The summed E-state index contributed by atoms with van der Waals surface area (Å²) in [4.78, 5) is 72.8. The van der Waals surface area contributed by atoms with Crippen LogP contribution in [0.15, 0.2) is 0 Å². The van der Waals surface area contributed by atoms with E-state index >= 15 is 0 Å². The van der Waals surface area contributed by atoms with Gasteiger partial charge in [-0.2, -0.15) is 0 Å². The molecule has 0 rings (SSSR count). The minimum Gasteiger partial charge on any atom is -0.462 e. The monoisotopic (exact) mass is 1450 g/mol. The van der Waals surface area contributed by atoms with Crippen molar-refractivity contribution in [3.05, 3.63) is 0 Å². The van der Waals surface area contributed by atoms with E-state index in [1.54, 1.807) is 0 Å². The van der Waals surface area contributed by atoms with Gasteiger partial charge in [0.25, 0.3) is 0 Å². The van der Waals surface area contributed by atoms with Crippen LogP contribution in [0.4, 0.5) is 0 Å². The Morgan fingerprint density at radius 3 is 0.687 bits per heavy atom. The molecule has 0 heterocycles. The summed E-state index contributed by atoms with van der Waals surface area (Å²) in [7, 11) is -9.91. The molecular formula is C80H156O17P2. The fourth-order valence-electron chi connectivity index (χ4n) is 12.4. The number of hydrogen-bond acceptors (Lipinski definition) is 15. The molecule has 0 fully saturated rings. The standard InChI is InChI=1S/C80H156O17P2/c1-6-9-12-15-18-20-22-24-26-28-30-31-33-35-37-39-41-45-50-55-60-65-79(84)97-76(70-91-78(83)64-59-54-49-44-40-38-36-34-32-29-27-25-23-21-19-16-13-10-7-2)72-95-99(88,89)93-68-74(81)67-92-98(86,87)94-71-75(69-90-77(82)63-58-53-47-17-14-11-8-3)96-80(85)66-61-56-51-46-42-43-48-52-57-62-73(4)5/h73-76,81H,6-72H2,1-5H3,(H,86,87)(H,88,89)/t74-,75+,76+/m0/s1. The Labute approximate surface area is 607 Å². The van der Waals surface area contributed by atoms with E-state index in [0.29, 0.717) is 25.7 Å². The average molecular weight is 1450 g/mol. The minimum atomic E-state index is -4.96. The van der Waals surface area contributed by atoms with Gasteiger partial charge in [0, 0.05) is 25.7 Å². The Hall–Kier alpha value is -1.94. The van der Waals surface area contributed by atoms with Gasteiger partial charge in [-0.3, -0.25) is 37.3 Å². The minimum absolute atomic E-state index is 0.105. The van der Waals surface area contributed by atoms with E-state index in [9.17, 15) is 43.2 Å². The number of esters is 4. The van der Waals surface area contributed by atoms with Crippen molar-refractivity contribution in [1.29, 1.82) is 0 Å². The van der Waals surface area contributed by atoms with E-state index in [4.69, 9.17) is 37.0 Å². The number of carbonyl (C=O) groups is 4. The maximum Gasteiger partial charge on any atom is 0.472 e. The van der Waals surface area contributed by atoms with Crippen LogP contribution < -0.4 is 0 Å². The lowest BCUT2D eigenvalue weighted by Crippen LogP contribution is -2.30. The maximum absolute atomic E-state index is 13.1. The molecule has 0 radical (unpaired) electrons. The summed E-state index contributed by atoms with van der Waals surface area (Å²) >= 11 is 0. The van der Waals surface area contributed by atoms with Gasteiger partial charge in [0.15, 0.2) is 12.2 Å². The third kappa shape index (κ3) is 74.1. The number of rotatable bonds is 80. The third-order valence-electron chi connectivity index (χ3n) is 18.8. The Balaban J connectivity index is 5.16. The van der Waals surface area contributed by atoms with Crippen LogP contribution in [0.5, 0.6) is 0 Å². The largest absolute Gasteiger partial charge is 0.472 e. The van der Waals surface area contributed by atoms with Crippen molar-refractivity contribution in [2.75, 3.05) is 39.6 Å². The van der Waals surface area contributed by atoms with Crippen LogP contribution in [0.3, 0.4) is 0 Å². The molecule has 17 nitrogen and oxygen atoms in total. The molecule has 0 saturated carbocycles. The van der Waals surface area contributed by atoms with Crippen molar-refractivity contribution in [1.82, 2.24) is 0 Å². The first-order valence-electron chi connectivity index (χ1n) is 41.6. The molecule has 19 heteroatoms. The maximum atomic E-state index is 13.1. The smallest absolute Gasteiger partial charge is 0.462 e. The number of hydrogen-bond donors (Lipinski definition) is 3. The zero-order valence-corrected chi connectivity index (χ0v) is 66.4. The fraction of sp³-hybridized carbons (Fsp3) is 0.950. The lowest BCUT2D eigenvalue weighted by atomic mass is 10.0. The topological polar surface area (TPSA) is 237 Å². The van der Waals surface area contributed by atoms with Crippen LogP contribution in [0.25, 0.3) is 0 Å². The molecule has 588 valence electrons. The van der Waals surface area contributed by atoms with Crippen molar-refractivity contribution < 1.29 is 80.2 Å². The normalized spacial score (nSPS) is 13.9. The van der Waals surface area contributed by atoms with Crippen LogP contribution in [-0.4, -0.2) is 96.7 Å². The van der Waals surface area contributed by atoms with E-state index < -0.39 is 97.5 Å². The zero-order chi connectivity index (χ0) is 72.7. The first-order valence-corrected chi connectivity index (χ1v) is 44.6. The van der Waals surface area contributed by atoms with E-state index in [-0.39, 0.29) is 25.7 Å². The fourth-order valence-corrected chi connectivity index (χ4v) is 14.0. The highest BCUT2D eigenvalue weighted by atomic mass is 31.2. The average Bonchev–Trinajstić information content (AvgIpc) is 0.997. The van der Waals surface area contributed by atoms with Gasteiger partial charge in [0.05, 0.1) is 26.4 Å². The lowest BCUT2D eigenvalue weighted by molar-refractivity contribution is -0.161. The van der Waals surface area contributed by atoms with Crippen LogP contribution in [0.1, 0.15) is 426 Å². The Morgan fingerprint density at radius 1 is 0.273 bits per heavy atom. The van der Waals surface area contributed by atoms with Gasteiger partial charge in [-0.15, -0.1) is 0 Å². The molecule has 0 aromatic carbocycles. The van der Waals surface area contributed by atoms with Gasteiger partial charge >= 0.3 is 39.5 Å². The van der Waals surface area contributed by atoms with Crippen molar-refractivity contribution in [3.8, 4) is 0 Å². The Bertz CT molecular complexity index is 1890. The molecule has 0 aliphatic carbocycles. The first-order chi connectivity index (χ1) is 48.0. The SMILES string of the molecule is CCCCCCCCCCCCCCCCCCCCCCCC(=O)O[C@H](COC(=O)CCCCCCCCCCCCCCCCCCCCC)COP(=O)(O)OC[C@@H](O)COP(=O)(O)OC[C@@H](COC(=O)CCCCCCCCC)OC(=O)CCCCCCCCCCCC(C)C. The zero-order valence-electron chi connectivity index (χ0n) is 64.6. The predicted octanol–water partition coefficient (Wildman–Crippen LogP) is 24.0. The first kappa shape index (κ1) is 97.1. The number of phosphoric ester groups is 2. The molecule has 99 heavy (non-hydrogen) atoms. The number of aliphatic hydroxyl groups excluding tert-OH is 1. The summed E-state index contributed by atoms with van der Waals surface area (Å²) in [5.41, 5.74) is 0. The predicted molar refractivity (Wildman–Crippen MR) is 405 cm³/mol. The van der Waals surface area contributed by atoms with E-state index in [1.165, 1.54) is 238 Å². The second-order valence-electron chi connectivity index (χ2n) is 29.3. The third-order valence-corrected chi connectivity index (χ3v) is 20.7. The summed E-state index contributed by atoms with van der Waals surface area (Å²) in [6, 6.07) is 0. The van der Waals surface area contributed by atoms with Gasteiger partial charge in [0.1, 0.15) is 19.3 Å². The van der Waals surface area contributed by atoms with Gasteiger partial charge in [0.2, 0.25) is 0 Å². The molecule has 5 atom stereocenters. The van der Waals surface area contributed by atoms with Gasteiger partial charge in [-0.25, -0.2) is 9.13 Å². The summed E-state index contributed by atoms with van der Waals surface area (Å²) < 4.78 is 68.5. The lowest BCUT2D eigenvalue weighted by Gasteiger charge is -2.21. The Kier molecular flexibility index (Phi) is 71.6. The molecule has 0 bridgehead atoms. The number of phosphoric acid groups is 2. The van der Waals surface area contributed by atoms with Crippen molar-refractivity contribution >= 4 is 39.5 Å². The van der Waals surface area contributed by atoms with E-state index in [2.05, 4.69) is 34.6 Å². The van der Waals surface area contributed by atoms with E-state index in [0.717, 1.165) is 109 Å². The van der Waals surface area contributed by atoms with Gasteiger partial charge in [-0.05, 0) is 31.6 Å². The molecule has 0 amide bonds.